The van der Waals surface area contributed by atoms with E-state index in [1.165, 1.54) is 18.2 Å². The quantitative estimate of drug-likeness (QED) is 0.774. The van der Waals surface area contributed by atoms with E-state index < -0.39 is 6.36 Å². The van der Waals surface area contributed by atoms with Crippen LogP contribution < -0.4 is 4.74 Å². The Labute approximate surface area is 165 Å². The second kappa shape index (κ2) is 7.20. The summed E-state index contributed by atoms with van der Waals surface area (Å²) in [7, 11) is 0. The highest BCUT2D eigenvalue weighted by atomic mass is 19.4. The van der Waals surface area contributed by atoms with E-state index >= 15 is 0 Å². The minimum atomic E-state index is -4.79. The molecule has 2 heterocycles. The largest absolute Gasteiger partial charge is 0.573 e. The first-order valence-electron chi connectivity index (χ1n) is 9.49. The fraction of sp³-hybridized carbons (Fsp3) is 0.450. The van der Waals surface area contributed by atoms with Gasteiger partial charge in [-0.05, 0) is 31.9 Å². The zero-order valence-electron chi connectivity index (χ0n) is 15.8. The first-order chi connectivity index (χ1) is 13.7. The molecule has 1 aromatic heterocycles. The lowest BCUT2D eigenvalue weighted by Crippen LogP contribution is -2.39. The van der Waals surface area contributed by atoms with Gasteiger partial charge in [-0.2, -0.15) is 5.10 Å². The van der Waals surface area contributed by atoms with Crippen molar-refractivity contribution in [1.29, 1.82) is 0 Å². The molecule has 0 atom stereocenters. The smallest absolute Gasteiger partial charge is 0.406 e. The average Bonchev–Trinajstić information content (AvgIpc) is 3.43. The molecule has 1 saturated carbocycles. The molecule has 0 unspecified atom stereocenters. The normalized spacial score (nSPS) is 17.5. The molecule has 1 aromatic carbocycles. The summed E-state index contributed by atoms with van der Waals surface area (Å²) in [5.74, 6) is -0.239. The Kier molecular flexibility index (Phi) is 4.84. The maximum absolute atomic E-state index is 13.2. The van der Waals surface area contributed by atoms with Gasteiger partial charge in [0.2, 0.25) is 0 Å². The van der Waals surface area contributed by atoms with Gasteiger partial charge in [0.1, 0.15) is 11.5 Å². The molecule has 1 aliphatic heterocycles. The van der Waals surface area contributed by atoms with Crippen molar-refractivity contribution in [2.45, 2.75) is 44.9 Å². The van der Waals surface area contributed by atoms with Crippen molar-refractivity contribution in [2.24, 2.45) is 0 Å². The summed E-state index contributed by atoms with van der Waals surface area (Å²) in [5, 5.41) is 4.48. The van der Waals surface area contributed by atoms with Gasteiger partial charge in [-0.15, -0.1) is 13.2 Å². The van der Waals surface area contributed by atoms with Crippen LogP contribution in [0.15, 0.2) is 24.3 Å². The number of carbonyl (C=O) groups excluding carboxylic acids is 2. The Hall–Kier alpha value is -2.84. The lowest BCUT2D eigenvalue weighted by atomic mass is 10.0. The highest BCUT2D eigenvalue weighted by Gasteiger charge is 2.37. The van der Waals surface area contributed by atoms with Crippen molar-refractivity contribution in [1.82, 2.24) is 14.7 Å². The van der Waals surface area contributed by atoms with E-state index in [1.807, 2.05) is 0 Å². The number of ether oxygens (including phenoxy) is 1. The summed E-state index contributed by atoms with van der Waals surface area (Å²) in [6, 6.07) is 5.58. The van der Waals surface area contributed by atoms with Crippen molar-refractivity contribution in [2.75, 3.05) is 13.1 Å². The number of carbonyl (C=O) groups is 2. The average molecular weight is 407 g/mol. The summed E-state index contributed by atoms with van der Waals surface area (Å²) in [6.07, 6.45) is -2.32. The Morgan fingerprint density at radius 1 is 1.21 bits per heavy atom. The monoisotopic (exact) mass is 407 g/mol. The molecule has 2 fully saturated rings. The van der Waals surface area contributed by atoms with Crippen LogP contribution in [0.4, 0.5) is 13.2 Å². The van der Waals surface area contributed by atoms with Crippen molar-refractivity contribution < 1.29 is 27.5 Å². The summed E-state index contributed by atoms with van der Waals surface area (Å²) >= 11 is 0. The predicted octanol–water partition coefficient (Wildman–Crippen LogP) is 3.76. The third-order valence-corrected chi connectivity index (χ3v) is 5.18. The first kappa shape index (κ1) is 19.5. The predicted molar refractivity (Wildman–Crippen MR) is 97.1 cm³/mol. The van der Waals surface area contributed by atoms with Crippen molar-refractivity contribution in [3.8, 4) is 11.4 Å². The van der Waals surface area contributed by atoms with Gasteiger partial charge in [-0.1, -0.05) is 6.07 Å². The van der Waals surface area contributed by atoms with Crippen LogP contribution >= 0.6 is 0 Å². The Balaban J connectivity index is 1.71. The van der Waals surface area contributed by atoms with E-state index in [0.717, 1.165) is 12.8 Å². The minimum absolute atomic E-state index is 0.133. The highest BCUT2D eigenvalue weighted by Crippen LogP contribution is 2.44. The van der Waals surface area contributed by atoms with Gasteiger partial charge in [0.15, 0.2) is 0 Å². The number of aromatic nitrogens is 2. The number of hydrogen-bond acceptors (Lipinski definition) is 4. The number of halogens is 3. The molecule has 0 radical (unpaired) electrons. The number of nitrogens with zero attached hydrogens (tertiary/aromatic N) is 3. The molecular formula is C20H20F3N3O3. The SMILES string of the molecule is Cc1nn(-c2cccc(OC(F)(F)F)c2)c(C2CC2)c1C(=O)N1CCC(=O)CC1. The molecule has 1 aliphatic carbocycles. The number of rotatable bonds is 4. The second-order valence-electron chi connectivity index (χ2n) is 7.41. The highest BCUT2D eigenvalue weighted by molar-refractivity contribution is 5.98. The van der Waals surface area contributed by atoms with Crippen molar-refractivity contribution in [3.63, 3.8) is 0 Å². The standard InChI is InChI=1S/C20H20F3N3O3/c1-12-17(19(28)25-9-7-15(27)8-10-25)18(13-5-6-13)26(24-12)14-3-2-4-16(11-14)29-20(21,22)23/h2-4,11,13H,5-10H2,1H3. The van der Waals surface area contributed by atoms with E-state index in [1.54, 1.807) is 22.6 Å². The molecule has 2 aromatic rings. The van der Waals surface area contributed by atoms with E-state index in [0.29, 0.717) is 48.6 Å². The van der Waals surface area contributed by atoms with Crippen LogP contribution in [0.2, 0.25) is 0 Å². The van der Waals surface area contributed by atoms with Crippen LogP contribution in [-0.4, -0.2) is 45.8 Å². The number of likely N-dealkylation sites (tertiary alicyclic amines) is 1. The molecule has 2 aliphatic rings. The van der Waals surface area contributed by atoms with Crippen molar-refractivity contribution in [3.05, 3.63) is 41.2 Å². The number of Topliss-reactive ketones (excluding diaryl/α,β-unsaturated/α-hetero) is 1. The van der Waals surface area contributed by atoms with Crippen molar-refractivity contribution >= 4 is 11.7 Å². The second-order valence-corrected chi connectivity index (χ2v) is 7.41. The van der Waals surface area contributed by atoms with E-state index in [2.05, 4.69) is 9.84 Å². The Bertz CT molecular complexity index is 954. The summed E-state index contributed by atoms with van der Waals surface area (Å²) in [5.41, 5.74) is 2.14. The van der Waals surface area contributed by atoms with Gasteiger partial charge < -0.3 is 9.64 Å². The van der Waals surface area contributed by atoms with Crippen LogP contribution in [0.3, 0.4) is 0 Å². The molecule has 0 spiro atoms. The van der Waals surface area contributed by atoms with Gasteiger partial charge in [-0.3, -0.25) is 9.59 Å². The molecular weight excluding hydrogens is 387 g/mol. The lowest BCUT2D eigenvalue weighted by Gasteiger charge is -2.26. The van der Waals surface area contributed by atoms with Gasteiger partial charge in [-0.25, -0.2) is 4.68 Å². The molecule has 1 saturated heterocycles. The molecule has 4 rings (SSSR count). The van der Waals surface area contributed by atoms with Crippen LogP contribution in [0.5, 0.6) is 5.75 Å². The third-order valence-electron chi connectivity index (χ3n) is 5.18. The number of piperidine rings is 1. The number of aryl methyl sites for hydroxylation is 1. The maximum Gasteiger partial charge on any atom is 0.573 e. The van der Waals surface area contributed by atoms with E-state index in [4.69, 9.17) is 0 Å². The topological polar surface area (TPSA) is 64.4 Å². The molecule has 0 bridgehead atoms. The summed E-state index contributed by atoms with van der Waals surface area (Å²) < 4.78 is 43.3. The maximum atomic E-state index is 13.2. The number of alkyl halides is 3. The molecule has 0 N–H and O–H groups in total. The zero-order valence-corrected chi connectivity index (χ0v) is 15.8. The fourth-order valence-electron chi connectivity index (χ4n) is 3.67. The molecule has 6 nitrogen and oxygen atoms in total. The number of amides is 1. The minimum Gasteiger partial charge on any atom is -0.406 e. The Morgan fingerprint density at radius 2 is 1.90 bits per heavy atom. The molecule has 9 heteroatoms. The fourth-order valence-corrected chi connectivity index (χ4v) is 3.67. The molecule has 154 valence electrons. The molecule has 29 heavy (non-hydrogen) atoms. The summed E-state index contributed by atoms with van der Waals surface area (Å²) in [4.78, 5) is 26.3. The van der Waals surface area contributed by atoms with Crippen LogP contribution in [0.1, 0.15) is 53.3 Å². The third kappa shape index (κ3) is 4.13. The van der Waals surface area contributed by atoms with Crippen LogP contribution in [0.25, 0.3) is 5.69 Å². The Morgan fingerprint density at radius 3 is 2.52 bits per heavy atom. The molecule has 1 amide bonds. The summed E-state index contributed by atoms with van der Waals surface area (Å²) in [6.45, 7) is 2.48. The first-order valence-corrected chi connectivity index (χ1v) is 9.49. The van der Waals surface area contributed by atoms with E-state index in [9.17, 15) is 22.8 Å². The van der Waals surface area contributed by atoms with Gasteiger partial charge in [0.05, 0.1) is 22.6 Å². The zero-order chi connectivity index (χ0) is 20.8. The van der Waals surface area contributed by atoms with Gasteiger partial charge in [0.25, 0.3) is 5.91 Å². The van der Waals surface area contributed by atoms with Crippen LogP contribution in [-0.2, 0) is 4.79 Å². The number of hydrogen-bond donors (Lipinski definition) is 0. The number of ketones is 1. The van der Waals surface area contributed by atoms with Crippen LogP contribution in [0, 0.1) is 6.92 Å². The number of benzene rings is 1. The lowest BCUT2D eigenvalue weighted by molar-refractivity contribution is -0.274. The van der Waals surface area contributed by atoms with E-state index in [-0.39, 0.29) is 23.4 Å². The van der Waals surface area contributed by atoms with Gasteiger partial charge >= 0.3 is 6.36 Å². The van der Waals surface area contributed by atoms with Gasteiger partial charge in [0, 0.05) is 37.9 Å².